The first-order valence-corrected chi connectivity index (χ1v) is 17.8. The number of nitrogens with zero attached hydrogens (tertiary/aromatic N) is 6. The molecule has 2 fully saturated rings. The van der Waals surface area contributed by atoms with E-state index in [0.29, 0.717) is 74.8 Å². The lowest BCUT2D eigenvalue weighted by molar-refractivity contribution is -0.133. The topological polar surface area (TPSA) is 121 Å². The van der Waals surface area contributed by atoms with Crippen LogP contribution in [0.2, 0.25) is 0 Å². The lowest BCUT2D eigenvalue weighted by Crippen LogP contribution is -2.54. The van der Waals surface area contributed by atoms with Crippen molar-refractivity contribution >= 4 is 44.1 Å². The van der Waals surface area contributed by atoms with Crippen LogP contribution in [0.1, 0.15) is 35.5 Å². The van der Waals surface area contributed by atoms with E-state index in [-0.39, 0.29) is 23.1 Å². The highest BCUT2D eigenvalue weighted by Gasteiger charge is 2.30. The monoisotopic (exact) mass is 668 g/mol. The molecule has 0 atom stereocenters. The number of carbonyl (C=O) groups excluding carboxylic acids is 2. The van der Waals surface area contributed by atoms with E-state index in [1.165, 1.54) is 28.6 Å². The number of hydrogen-bond donors (Lipinski definition) is 0. The standard InChI is InChI=1S/C36H40N6O5S/c1-3-39(4-2)31-12-9-29-23-34(47-33(29)24-31)36(44)28-7-10-30(11-8-28)40-17-19-41(20-18-40)35(43)26-38-15-21-42(22-16-38)48(45,46)32-13-5-27(25-37)6-14-32/h5-14,23-24H,3-4,15-22,26H2,1-2H3. The van der Waals surface area contributed by atoms with Crippen LogP contribution in [0.4, 0.5) is 11.4 Å². The van der Waals surface area contributed by atoms with Crippen LogP contribution in [0.3, 0.4) is 0 Å². The number of rotatable bonds is 10. The predicted octanol–water partition coefficient (Wildman–Crippen LogP) is 4.04. The highest BCUT2D eigenvalue weighted by Crippen LogP contribution is 2.27. The van der Waals surface area contributed by atoms with Crippen molar-refractivity contribution in [3.63, 3.8) is 0 Å². The van der Waals surface area contributed by atoms with Crippen molar-refractivity contribution < 1.29 is 22.4 Å². The van der Waals surface area contributed by atoms with Gasteiger partial charge in [-0.1, -0.05) is 0 Å². The summed E-state index contributed by atoms with van der Waals surface area (Å²) >= 11 is 0. The van der Waals surface area contributed by atoms with Crippen LogP contribution in [0.15, 0.2) is 82.1 Å². The van der Waals surface area contributed by atoms with Gasteiger partial charge in [0.05, 0.1) is 23.1 Å². The van der Waals surface area contributed by atoms with Gasteiger partial charge in [0.25, 0.3) is 0 Å². The average Bonchev–Trinajstić information content (AvgIpc) is 3.56. The molecule has 2 saturated heterocycles. The lowest BCUT2D eigenvalue weighted by Gasteiger charge is -2.38. The van der Waals surface area contributed by atoms with Crippen molar-refractivity contribution in [1.82, 2.24) is 14.1 Å². The molecule has 1 aromatic heterocycles. The third-order valence-electron chi connectivity index (χ3n) is 9.29. The molecule has 0 unspecified atom stereocenters. The Morgan fingerprint density at radius 2 is 1.50 bits per heavy atom. The first-order valence-electron chi connectivity index (χ1n) is 16.4. The fourth-order valence-corrected chi connectivity index (χ4v) is 7.79. The first kappa shape index (κ1) is 33.2. The maximum atomic E-state index is 13.3. The minimum atomic E-state index is -3.65. The van der Waals surface area contributed by atoms with E-state index in [1.54, 1.807) is 6.07 Å². The summed E-state index contributed by atoms with van der Waals surface area (Å²) < 4.78 is 33.5. The molecule has 2 aliphatic rings. The van der Waals surface area contributed by atoms with Crippen LogP contribution in [0.25, 0.3) is 11.0 Å². The largest absolute Gasteiger partial charge is 0.452 e. The number of sulfonamides is 1. The van der Waals surface area contributed by atoms with E-state index in [1.807, 2.05) is 52.3 Å². The number of amides is 1. The molecule has 0 spiro atoms. The molecule has 0 radical (unpaired) electrons. The number of benzene rings is 3. The van der Waals surface area contributed by atoms with Crippen LogP contribution in [0, 0.1) is 11.3 Å². The molecule has 12 heteroatoms. The molecule has 1 amide bonds. The normalized spacial score (nSPS) is 16.2. The second kappa shape index (κ2) is 14.2. The van der Waals surface area contributed by atoms with Gasteiger partial charge in [-0.2, -0.15) is 9.57 Å². The van der Waals surface area contributed by atoms with Gasteiger partial charge in [0.15, 0.2) is 5.76 Å². The molecular formula is C36H40N6O5S. The first-order chi connectivity index (χ1) is 23.2. The predicted molar refractivity (Wildman–Crippen MR) is 185 cm³/mol. The molecule has 0 saturated carbocycles. The summed E-state index contributed by atoms with van der Waals surface area (Å²) in [4.78, 5) is 34.9. The maximum absolute atomic E-state index is 13.3. The number of carbonyl (C=O) groups is 2. The Kier molecular flexibility index (Phi) is 9.82. The van der Waals surface area contributed by atoms with Crippen molar-refractivity contribution in [2.24, 2.45) is 0 Å². The number of furan rings is 1. The average molecular weight is 669 g/mol. The summed E-state index contributed by atoms with van der Waals surface area (Å²) in [6, 6.07) is 23.3. The Bertz CT molecular complexity index is 1910. The Morgan fingerprint density at radius 1 is 0.833 bits per heavy atom. The van der Waals surface area contributed by atoms with Crippen LogP contribution in [-0.4, -0.2) is 106 Å². The van der Waals surface area contributed by atoms with Crippen LogP contribution >= 0.6 is 0 Å². The Hall–Kier alpha value is -4.70. The highest BCUT2D eigenvalue weighted by atomic mass is 32.2. The van der Waals surface area contributed by atoms with Crippen LogP contribution in [0.5, 0.6) is 0 Å². The fourth-order valence-electron chi connectivity index (χ4n) is 6.37. The molecule has 3 heterocycles. The minimum Gasteiger partial charge on any atom is -0.452 e. The molecule has 11 nitrogen and oxygen atoms in total. The van der Waals surface area contributed by atoms with Crippen LogP contribution in [-0.2, 0) is 14.8 Å². The molecule has 0 N–H and O–H groups in total. The summed E-state index contributed by atoms with van der Waals surface area (Å²) in [5.74, 6) is 0.190. The molecule has 0 aliphatic carbocycles. The number of piperazine rings is 2. The van der Waals surface area contributed by atoms with Gasteiger partial charge in [-0.05, 0) is 80.6 Å². The van der Waals surface area contributed by atoms with Crippen molar-refractivity contribution in [1.29, 1.82) is 5.26 Å². The second-order valence-electron chi connectivity index (χ2n) is 12.1. The van der Waals surface area contributed by atoms with E-state index < -0.39 is 10.0 Å². The summed E-state index contributed by atoms with van der Waals surface area (Å²) in [5, 5.41) is 9.88. The Balaban J connectivity index is 0.983. The van der Waals surface area contributed by atoms with Crippen molar-refractivity contribution in [2.75, 3.05) is 81.8 Å². The third kappa shape index (κ3) is 6.94. The molecule has 3 aromatic carbocycles. The maximum Gasteiger partial charge on any atom is 0.243 e. The van der Waals surface area contributed by atoms with Crippen molar-refractivity contribution in [3.05, 3.63) is 89.7 Å². The highest BCUT2D eigenvalue weighted by molar-refractivity contribution is 7.89. The number of hydrogen-bond acceptors (Lipinski definition) is 9. The summed E-state index contributed by atoms with van der Waals surface area (Å²) in [6.07, 6.45) is 0. The molecule has 250 valence electrons. The van der Waals surface area contributed by atoms with Gasteiger partial charge in [-0.15, -0.1) is 0 Å². The third-order valence-corrected chi connectivity index (χ3v) is 11.2. The summed E-state index contributed by atoms with van der Waals surface area (Å²) in [6.45, 7) is 10.3. The van der Waals surface area contributed by atoms with E-state index in [0.717, 1.165) is 29.9 Å². The van der Waals surface area contributed by atoms with Gasteiger partial charge < -0.3 is 19.1 Å². The van der Waals surface area contributed by atoms with Gasteiger partial charge in [-0.3, -0.25) is 14.5 Å². The quantitative estimate of drug-likeness (QED) is 0.231. The number of nitriles is 1. The molecule has 4 aromatic rings. The van der Waals surface area contributed by atoms with Gasteiger partial charge in [0, 0.05) is 93.8 Å². The summed E-state index contributed by atoms with van der Waals surface area (Å²) in [5.41, 5.74) is 3.72. The van der Waals surface area contributed by atoms with Crippen LogP contribution < -0.4 is 9.80 Å². The zero-order chi connectivity index (χ0) is 33.8. The van der Waals surface area contributed by atoms with E-state index in [9.17, 15) is 18.0 Å². The molecule has 2 aliphatic heterocycles. The zero-order valence-electron chi connectivity index (χ0n) is 27.3. The molecule has 48 heavy (non-hydrogen) atoms. The van der Waals surface area contributed by atoms with E-state index in [2.05, 4.69) is 29.7 Å². The van der Waals surface area contributed by atoms with Gasteiger partial charge >= 0.3 is 0 Å². The van der Waals surface area contributed by atoms with Gasteiger partial charge in [0.1, 0.15) is 5.58 Å². The Labute approximate surface area is 281 Å². The van der Waals surface area contributed by atoms with Gasteiger partial charge in [0.2, 0.25) is 21.7 Å². The lowest BCUT2D eigenvalue weighted by atomic mass is 10.1. The number of anilines is 2. The molecular weight excluding hydrogens is 628 g/mol. The number of fused-ring (bicyclic) bond motifs is 1. The minimum absolute atomic E-state index is 0.0362. The summed E-state index contributed by atoms with van der Waals surface area (Å²) in [7, 11) is -3.65. The van der Waals surface area contributed by atoms with E-state index >= 15 is 0 Å². The zero-order valence-corrected chi connectivity index (χ0v) is 28.2. The molecule has 6 rings (SSSR count). The van der Waals surface area contributed by atoms with Crippen molar-refractivity contribution in [3.8, 4) is 6.07 Å². The Morgan fingerprint density at radius 3 is 2.12 bits per heavy atom. The number of ketones is 1. The SMILES string of the molecule is CCN(CC)c1ccc2cc(C(=O)c3ccc(N4CCN(C(=O)CN5CCN(S(=O)(=O)c6ccc(C#N)cc6)CC5)CC4)cc3)oc2c1. The smallest absolute Gasteiger partial charge is 0.243 e. The second-order valence-corrected chi connectivity index (χ2v) is 14.0. The van der Waals surface area contributed by atoms with E-state index in [4.69, 9.17) is 9.68 Å². The van der Waals surface area contributed by atoms with Crippen molar-refractivity contribution in [2.45, 2.75) is 18.7 Å². The fraction of sp³-hybridized carbons (Fsp3) is 0.361. The van der Waals surface area contributed by atoms with Gasteiger partial charge in [-0.25, -0.2) is 8.42 Å². The molecule has 0 bridgehead atoms.